The maximum Gasteiger partial charge on any atom is 0.173 e. The van der Waals surface area contributed by atoms with Gasteiger partial charge < -0.3 is 10.5 Å². The van der Waals surface area contributed by atoms with Crippen LogP contribution in [0.1, 0.15) is 5.69 Å². The predicted octanol–water partition coefficient (Wildman–Crippen LogP) is 2.34. The predicted molar refractivity (Wildman–Crippen MR) is 76.9 cm³/mol. The molecule has 6 nitrogen and oxygen atoms in total. The number of methoxy groups -OCH3 is 1. The lowest BCUT2D eigenvalue weighted by molar-refractivity contribution is 0.416. The number of hydrogen-bond acceptors (Lipinski definition) is 5. The van der Waals surface area contributed by atoms with Gasteiger partial charge in [0, 0.05) is 17.8 Å². The van der Waals surface area contributed by atoms with E-state index in [0.29, 0.717) is 33.5 Å². The van der Waals surface area contributed by atoms with Crippen LogP contribution in [0, 0.1) is 6.92 Å². The van der Waals surface area contributed by atoms with Crippen molar-refractivity contribution in [2.45, 2.75) is 6.92 Å². The summed E-state index contributed by atoms with van der Waals surface area (Å²) in [5.41, 5.74) is 8.53. The fourth-order valence-corrected chi connectivity index (χ4v) is 2.15. The third-order valence-corrected chi connectivity index (χ3v) is 3.32. The largest absolute Gasteiger partial charge is 0.496 e. The van der Waals surface area contributed by atoms with Gasteiger partial charge in [0.25, 0.3) is 0 Å². The van der Waals surface area contributed by atoms with E-state index in [0.717, 1.165) is 5.69 Å². The highest BCUT2D eigenvalue weighted by molar-refractivity contribution is 6.33. The third-order valence-electron chi connectivity index (χ3n) is 3.00. The number of nitrogens with zero attached hydrogens (tertiary/aromatic N) is 4. The first kappa shape index (κ1) is 12.7. The lowest BCUT2D eigenvalue weighted by atomic mass is 10.1. The molecule has 20 heavy (non-hydrogen) atoms. The van der Waals surface area contributed by atoms with E-state index >= 15 is 0 Å². The molecule has 2 heterocycles. The maximum atomic E-state index is 6.08. The van der Waals surface area contributed by atoms with E-state index in [1.165, 1.54) is 0 Å². The number of hydrogen-bond donors (Lipinski definition) is 1. The Morgan fingerprint density at radius 2 is 2.05 bits per heavy atom. The van der Waals surface area contributed by atoms with Crippen molar-refractivity contribution in [3.8, 4) is 17.1 Å². The molecule has 0 bridgehead atoms. The lowest BCUT2D eigenvalue weighted by Gasteiger charge is -2.09. The molecule has 0 spiro atoms. The van der Waals surface area contributed by atoms with Crippen LogP contribution in [0.5, 0.6) is 5.75 Å². The van der Waals surface area contributed by atoms with Crippen molar-refractivity contribution in [3.63, 3.8) is 0 Å². The molecule has 0 saturated carbocycles. The molecule has 7 heteroatoms. The van der Waals surface area contributed by atoms with E-state index in [9.17, 15) is 0 Å². The SMILES string of the molecule is COc1cc(N)c(Cl)cc1-c1nnc2cc(C)ncn12. The smallest absolute Gasteiger partial charge is 0.173 e. The second kappa shape index (κ2) is 4.64. The molecule has 0 aliphatic heterocycles. The number of nitrogens with two attached hydrogens (primary N) is 1. The normalized spacial score (nSPS) is 10.9. The van der Waals surface area contributed by atoms with Crippen LogP contribution < -0.4 is 10.5 Å². The summed E-state index contributed by atoms with van der Waals surface area (Å²) >= 11 is 6.08. The van der Waals surface area contributed by atoms with Gasteiger partial charge in [0.2, 0.25) is 0 Å². The topological polar surface area (TPSA) is 78.3 Å². The quantitative estimate of drug-likeness (QED) is 0.733. The van der Waals surface area contributed by atoms with Crippen LogP contribution in [-0.4, -0.2) is 26.7 Å². The average molecular weight is 290 g/mol. The third kappa shape index (κ3) is 1.94. The zero-order valence-corrected chi connectivity index (χ0v) is 11.7. The summed E-state index contributed by atoms with van der Waals surface area (Å²) in [6.45, 7) is 1.90. The van der Waals surface area contributed by atoms with Crippen LogP contribution in [0.2, 0.25) is 5.02 Å². The van der Waals surface area contributed by atoms with Crippen LogP contribution in [0.3, 0.4) is 0 Å². The zero-order valence-electron chi connectivity index (χ0n) is 11.0. The van der Waals surface area contributed by atoms with Gasteiger partial charge in [0.15, 0.2) is 11.5 Å². The van der Waals surface area contributed by atoms with E-state index in [-0.39, 0.29) is 0 Å². The van der Waals surface area contributed by atoms with Gasteiger partial charge in [-0.15, -0.1) is 10.2 Å². The standard InChI is InChI=1S/C13H12ClN5O/c1-7-3-12-17-18-13(19(12)6-16-7)8-4-9(14)10(15)5-11(8)20-2/h3-6H,15H2,1-2H3. The molecule has 3 rings (SSSR count). The van der Waals surface area contributed by atoms with Crippen LogP contribution in [0.25, 0.3) is 17.0 Å². The van der Waals surface area contributed by atoms with Crippen molar-refractivity contribution in [2.75, 3.05) is 12.8 Å². The lowest BCUT2D eigenvalue weighted by Crippen LogP contribution is -1.97. The molecule has 1 aromatic carbocycles. The summed E-state index contributed by atoms with van der Waals surface area (Å²) < 4.78 is 7.11. The molecule has 3 aromatic rings. The van der Waals surface area contributed by atoms with Crippen molar-refractivity contribution >= 4 is 22.9 Å². The van der Waals surface area contributed by atoms with E-state index in [4.69, 9.17) is 22.1 Å². The molecule has 0 amide bonds. The zero-order chi connectivity index (χ0) is 14.3. The monoisotopic (exact) mass is 289 g/mol. The Kier molecular flexibility index (Phi) is 2.94. The molecule has 2 N–H and O–H groups in total. The summed E-state index contributed by atoms with van der Waals surface area (Å²) in [4.78, 5) is 4.25. The summed E-state index contributed by atoms with van der Waals surface area (Å²) in [7, 11) is 1.57. The number of aromatic nitrogens is 4. The van der Waals surface area contributed by atoms with Crippen LogP contribution >= 0.6 is 11.6 Å². The van der Waals surface area contributed by atoms with Crippen molar-refractivity contribution in [2.24, 2.45) is 0 Å². The number of aryl methyl sites for hydroxylation is 1. The first-order valence-corrected chi connectivity index (χ1v) is 6.28. The van der Waals surface area contributed by atoms with Crippen LogP contribution in [-0.2, 0) is 0 Å². The Bertz CT molecular complexity index is 799. The molecular weight excluding hydrogens is 278 g/mol. The Morgan fingerprint density at radius 1 is 1.25 bits per heavy atom. The van der Waals surface area contributed by atoms with E-state index < -0.39 is 0 Å². The minimum Gasteiger partial charge on any atom is -0.496 e. The summed E-state index contributed by atoms with van der Waals surface area (Å²) in [5.74, 6) is 1.19. The van der Waals surface area contributed by atoms with Crippen LogP contribution in [0.15, 0.2) is 24.5 Å². The summed E-state index contributed by atoms with van der Waals surface area (Å²) in [6.07, 6.45) is 1.67. The van der Waals surface area contributed by atoms with E-state index in [2.05, 4.69) is 15.2 Å². The number of nitrogen functional groups attached to an aromatic ring is 1. The second-order valence-corrected chi connectivity index (χ2v) is 4.76. The molecule has 2 aromatic heterocycles. The van der Waals surface area contributed by atoms with Gasteiger partial charge in [0.1, 0.15) is 12.1 Å². The number of rotatable bonds is 2. The molecular formula is C13H12ClN5O. The second-order valence-electron chi connectivity index (χ2n) is 4.36. The van der Waals surface area contributed by atoms with Crippen molar-refractivity contribution < 1.29 is 4.74 Å². The molecule has 0 radical (unpaired) electrons. The van der Waals surface area contributed by atoms with Gasteiger partial charge in [0.05, 0.1) is 23.4 Å². The number of anilines is 1. The number of ether oxygens (including phenoxy) is 1. The van der Waals surface area contributed by atoms with Gasteiger partial charge >= 0.3 is 0 Å². The van der Waals surface area contributed by atoms with Gasteiger partial charge in [-0.2, -0.15) is 0 Å². The van der Waals surface area contributed by atoms with Gasteiger partial charge in [-0.3, -0.25) is 4.40 Å². The molecule has 0 unspecified atom stereocenters. The molecule has 0 aliphatic rings. The first-order chi connectivity index (χ1) is 9.60. The molecule has 0 atom stereocenters. The Balaban J connectivity index is 2.28. The number of halogens is 1. The van der Waals surface area contributed by atoms with Gasteiger partial charge in [-0.1, -0.05) is 11.6 Å². The highest BCUT2D eigenvalue weighted by Gasteiger charge is 2.15. The van der Waals surface area contributed by atoms with Crippen molar-refractivity contribution in [1.82, 2.24) is 19.6 Å². The Labute approximate surface area is 120 Å². The number of fused-ring (bicyclic) bond motifs is 1. The Morgan fingerprint density at radius 3 is 2.80 bits per heavy atom. The highest BCUT2D eigenvalue weighted by atomic mass is 35.5. The van der Waals surface area contributed by atoms with Gasteiger partial charge in [-0.25, -0.2) is 4.98 Å². The van der Waals surface area contributed by atoms with E-state index in [1.807, 2.05) is 13.0 Å². The molecule has 102 valence electrons. The number of benzene rings is 1. The van der Waals surface area contributed by atoms with Crippen molar-refractivity contribution in [3.05, 3.63) is 35.2 Å². The Hall–Kier alpha value is -2.34. The first-order valence-electron chi connectivity index (χ1n) is 5.91. The maximum absolute atomic E-state index is 6.08. The molecule has 0 fully saturated rings. The van der Waals surface area contributed by atoms with E-state index in [1.54, 1.807) is 30.0 Å². The van der Waals surface area contributed by atoms with Crippen LogP contribution in [0.4, 0.5) is 5.69 Å². The average Bonchev–Trinajstić information content (AvgIpc) is 2.84. The molecule has 0 aliphatic carbocycles. The minimum absolute atomic E-state index is 0.442. The fourth-order valence-electron chi connectivity index (χ4n) is 1.98. The fraction of sp³-hybridized carbons (Fsp3) is 0.154. The van der Waals surface area contributed by atoms with Crippen molar-refractivity contribution in [1.29, 1.82) is 0 Å². The highest BCUT2D eigenvalue weighted by Crippen LogP contribution is 2.35. The minimum atomic E-state index is 0.442. The molecule has 0 saturated heterocycles. The van der Waals surface area contributed by atoms with Gasteiger partial charge in [-0.05, 0) is 13.0 Å². The summed E-state index contributed by atoms with van der Waals surface area (Å²) in [6, 6.07) is 5.23. The summed E-state index contributed by atoms with van der Waals surface area (Å²) in [5, 5.41) is 8.75.